The summed E-state index contributed by atoms with van der Waals surface area (Å²) in [5, 5.41) is 19.2. The van der Waals surface area contributed by atoms with E-state index in [1.807, 2.05) is 0 Å². The van der Waals surface area contributed by atoms with E-state index in [-0.39, 0.29) is 11.3 Å². The first-order valence-electron chi connectivity index (χ1n) is 3.57. The molecule has 0 aliphatic carbocycles. The van der Waals surface area contributed by atoms with Gasteiger partial charge in [0.1, 0.15) is 0 Å². The van der Waals surface area contributed by atoms with Gasteiger partial charge in [-0.3, -0.25) is 10.1 Å². The molecule has 0 amide bonds. The fraction of sp³-hybridized carbons (Fsp3) is 0.250. The average Bonchev–Trinajstić information content (AvgIpc) is 2.03. The molecule has 1 aromatic carbocycles. The molecule has 0 aromatic heterocycles. The van der Waals surface area contributed by atoms with E-state index < -0.39 is 10.8 Å². The Balaban J connectivity index is 3.13. The Kier molecular flexibility index (Phi) is 2.29. The van der Waals surface area contributed by atoms with Crippen LogP contribution in [0.2, 0.25) is 0 Å². The summed E-state index contributed by atoms with van der Waals surface area (Å²) >= 11 is 0. The first kappa shape index (κ1) is 9.60. The Hall–Kier alpha value is -1.49. The van der Waals surface area contributed by atoms with Crippen molar-refractivity contribution < 1.29 is 14.4 Å². The van der Waals surface area contributed by atoms with Gasteiger partial charge in [0.15, 0.2) is 0 Å². The highest BCUT2D eigenvalue weighted by Gasteiger charge is 2.23. The number of nitro groups is 1. The number of benzene rings is 1. The van der Waals surface area contributed by atoms with Gasteiger partial charge in [-0.15, -0.1) is 0 Å². The first-order chi connectivity index (χ1) is 5.91. The van der Waals surface area contributed by atoms with Crippen molar-refractivity contribution in [1.29, 1.82) is 0 Å². The molecule has 13 heavy (non-hydrogen) atoms. The molecule has 1 unspecified atom stereocenters. The lowest BCUT2D eigenvalue weighted by Crippen LogP contribution is -2.13. The van der Waals surface area contributed by atoms with Gasteiger partial charge in [0.25, 0.3) is 5.69 Å². The molecule has 0 heterocycles. The van der Waals surface area contributed by atoms with Crippen LogP contribution in [0.1, 0.15) is 12.5 Å². The predicted molar refractivity (Wildman–Crippen MR) is 43.8 cm³/mol. The van der Waals surface area contributed by atoms with E-state index in [0.717, 1.165) is 13.0 Å². The van der Waals surface area contributed by atoms with Crippen LogP contribution in [0.15, 0.2) is 24.3 Å². The van der Waals surface area contributed by atoms with Gasteiger partial charge in [-0.25, -0.2) is 4.39 Å². The number of hydrogen-bond donors (Lipinski definition) is 1. The number of rotatable bonds is 2. The lowest BCUT2D eigenvalue weighted by atomic mass is 10.1. The molecule has 0 aliphatic heterocycles. The van der Waals surface area contributed by atoms with E-state index >= 15 is 0 Å². The van der Waals surface area contributed by atoms with Crippen LogP contribution in [0.3, 0.4) is 0 Å². The van der Waals surface area contributed by atoms with Gasteiger partial charge >= 0.3 is 0 Å². The molecule has 0 spiro atoms. The van der Waals surface area contributed by atoms with Crippen molar-refractivity contribution in [2.24, 2.45) is 0 Å². The molecule has 1 atom stereocenters. The highest BCUT2D eigenvalue weighted by molar-refractivity contribution is 5.35. The minimum absolute atomic E-state index is 0.123. The van der Waals surface area contributed by atoms with Crippen molar-refractivity contribution in [2.75, 3.05) is 0 Å². The van der Waals surface area contributed by atoms with Gasteiger partial charge < -0.3 is 5.11 Å². The van der Waals surface area contributed by atoms with Crippen LogP contribution in [0.4, 0.5) is 10.1 Å². The summed E-state index contributed by atoms with van der Waals surface area (Å²) in [6.45, 7) is 0.923. The third-order valence-corrected chi connectivity index (χ3v) is 1.58. The minimum atomic E-state index is -2.54. The Morgan fingerprint density at radius 1 is 1.62 bits per heavy atom. The van der Waals surface area contributed by atoms with Gasteiger partial charge in [-0.05, 0) is 6.92 Å². The van der Waals surface area contributed by atoms with Crippen LogP contribution >= 0.6 is 0 Å². The average molecular weight is 185 g/mol. The van der Waals surface area contributed by atoms with Crippen LogP contribution in [0, 0.1) is 10.1 Å². The van der Waals surface area contributed by atoms with Crippen molar-refractivity contribution in [3.63, 3.8) is 0 Å². The van der Waals surface area contributed by atoms with E-state index in [1.54, 1.807) is 0 Å². The van der Waals surface area contributed by atoms with Crippen molar-refractivity contribution in [3.05, 3.63) is 39.9 Å². The van der Waals surface area contributed by atoms with Crippen molar-refractivity contribution in [3.8, 4) is 0 Å². The number of halogens is 1. The van der Waals surface area contributed by atoms with E-state index in [1.165, 1.54) is 18.2 Å². The SMILES string of the molecule is CC(O)(F)c1cccc([N+](=O)[O-])c1. The van der Waals surface area contributed by atoms with Crippen molar-refractivity contribution >= 4 is 5.69 Å². The summed E-state index contributed by atoms with van der Waals surface area (Å²) < 4.78 is 12.9. The van der Waals surface area contributed by atoms with Crippen molar-refractivity contribution in [2.45, 2.75) is 12.8 Å². The smallest absolute Gasteiger partial charge is 0.269 e. The molecule has 5 heteroatoms. The van der Waals surface area contributed by atoms with Gasteiger partial charge in [0.2, 0.25) is 5.85 Å². The summed E-state index contributed by atoms with van der Waals surface area (Å²) in [5.74, 6) is -2.54. The number of nitrogens with zero attached hydrogens (tertiary/aromatic N) is 1. The molecule has 1 aromatic rings. The molecular formula is C8H8FNO3. The maximum absolute atomic E-state index is 12.9. The topological polar surface area (TPSA) is 63.4 Å². The molecular weight excluding hydrogens is 177 g/mol. The molecule has 0 saturated heterocycles. The number of aliphatic hydroxyl groups is 1. The van der Waals surface area contributed by atoms with Gasteiger partial charge in [0, 0.05) is 17.7 Å². The fourth-order valence-electron chi connectivity index (χ4n) is 0.903. The fourth-order valence-corrected chi connectivity index (χ4v) is 0.903. The lowest BCUT2D eigenvalue weighted by Gasteiger charge is -2.12. The molecule has 0 radical (unpaired) electrons. The van der Waals surface area contributed by atoms with Crippen LogP contribution in [-0.4, -0.2) is 10.0 Å². The zero-order valence-corrected chi connectivity index (χ0v) is 6.90. The number of nitro benzene ring substituents is 1. The number of non-ortho nitro benzene ring substituents is 1. The normalized spacial score (nSPS) is 15.0. The van der Waals surface area contributed by atoms with Crippen molar-refractivity contribution in [1.82, 2.24) is 0 Å². The molecule has 1 rings (SSSR count). The van der Waals surface area contributed by atoms with E-state index in [4.69, 9.17) is 5.11 Å². The monoisotopic (exact) mass is 185 g/mol. The van der Waals surface area contributed by atoms with E-state index in [2.05, 4.69) is 0 Å². The quantitative estimate of drug-likeness (QED) is 0.563. The Labute approximate surface area is 73.8 Å². The van der Waals surface area contributed by atoms with Gasteiger partial charge in [-0.2, -0.15) is 0 Å². The highest BCUT2D eigenvalue weighted by atomic mass is 19.2. The Morgan fingerprint density at radius 3 is 2.69 bits per heavy atom. The zero-order chi connectivity index (χ0) is 10.1. The molecule has 0 fully saturated rings. The summed E-state index contributed by atoms with van der Waals surface area (Å²) in [5.41, 5.74) is -0.364. The van der Waals surface area contributed by atoms with Crippen LogP contribution in [0.25, 0.3) is 0 Å². The molecule has 0 aliphatic rings. The number of alkyl halides is 1. The first-order valence-corrected chi connectivity index (χ1v) is 3.57. The summed E-state index contributed by atoms with van der Waals surface area (Å²) in [7, 11) is 0. The maximum Gasteiger partial charge on any atom is 0.269 e. The second kappa shape index (κ2) is 3.10. The standard InChI is InChI=1S/C8H8FNO3/c1-8(9,11)6-3-2-4-7(5-6)10(12)13/h2-5,11H,1H3. The largest absolute Gasteiger partial charge is 0.358 e. The molecule has 0 saturated carbocycles. The third-order valence-electron chi connectivity index (χ3n) is 1.58. The second-order valence-electron chi connectivity index (χ2n) is 2.76. The number of hydrogen-bond acceptors (Lipinski definition) is 3. The molecule has 4 nitrogen and oxygen atoms in total. The Morgan fingerprint density at radius 2 is 2.23 bits per heavy atom. The van der Waals surface area contributed by atoms with Gasteiger partial charge in [-0.1, -0.05) is 12.1 Å². The highest BCUT2D eigenvalue weighted by Crippen LogP contribution is 2.24. The zero-order valence-electron chi connectivity index (χ0n) is 6.90. The third kappa shape index (κ3) is 2.22. The predicted octanol–water partition coefficient (Wildman–Crippen LogP) is 1.73. The van der Waals surface area contributed by atoms with Gasteiger partial charge in [0.05, 0.1) is 4.92 Å². The summed E-state index contributed by atoms with van der Waals surface area (Å²) in [6, 6.07) is 4.84. The van der Waals surface area contributed by atoms with E-state index in [9.17, 15) is 14.5 Å². The van der Waals surface area contributed by atoms with E-state index in [0.29, 0.717) is 0 Å². The van der Waals surface area contributed by atoms with Crippen LogP contribution in [-0.2, 0) is 5.85 Å². The lowest BCUT2D eigenvalue weighted by molar-refractivity contribution is -0.385. The van der Waals surface area contributed by atoms with Crippen LogP contribution in [0.5, 0.6) is 0 Å². The molecule has 1 N–H and O–H groups in total. The minimum Gasteiger partial charge on any atom is -0.358 e. The van der Waals surface area contributed by atoms with Crippen LogP contribution < -0.4 is 0 Å². The summed E-state index contributed by atoms with van der Waals surface area (Å²) in [4.78, 5) is 9.64. The molecule has 70 valence electrons. The maximum atomic E-state index is 12.9. The second-order valence-corrected chi connectivity index (χ2v) is 2.76. The summed E-state index contributed by atoms with van der Waals surface area (Å²) in [6.07, 6.45) is 0. The molecule has 0 bridgehead atoms. The Bertz CT molecular complexity index is 332.